The van der Waals surface area contributed by atoms with Gasteiger partial charge in [-0.3, -0.25) is 4.57 Å². The first-order valence-corrected chi connectivity index (χ1v) is 7.46. The second kappa shape index (κ2) is 5.14. The highest BCUT2D eigenvalue weighted by molar-refractivity contribution is 7.98. The van der Waals surface area contributed by atoms with Crippen molar-refractivity contribution in [1.82, 2.24) is 9.55 Å². The van der Waals surface area contributed by atoms with Gasteiger partial charge >= 0.3 is 11.7 Å². The first-order chi connectivity index (χ1) is 10.1. The van der Waals surface area contributed by atoms with Gasteiger partial charge < -0.3 is 10.1 Å². The molecule has 0 atom stereocenters. The minimum Gasteiger partial charge on any atom is -0.478 e. The maximum Gasteiger partial charge on any atom is 0.335 e. The Balaban J connectivity index is 2.31. The van der Waals surface area contributed by atoms with Gasteiger partial charge in [0.2, 0.25) is 0 Å². The Morgan fingerprint density at radius 1 is 1.24 bits per heavy atom. The molecule has 0 aliphatic heterocycles. The molecule has 21 heavy (non-hydrogen) atoms. The second-order valence-corrected chi connectivity index (χ2v) is 5.32. The summed E-state index contributed by atoms with van der Waals surface area (Å²) in [6.07, 6.45) is 1.95. The first kappa shape index (κ1) is 13.5. The van der Waals surface area contributed by atoms with Crippen molar-refractivity contribution in [3.8, 4) is 5.69 Å². The van der Waals surface area contributed by atoms with Crippen molar-refractivity contribution >= 4 is 28.8 Å². The van der Waals surface area contributed by atoms with E-state index < -0.39 is 5.97 Å². The minimum atomic E-state index is -1.02. The molecule has 1 aromatic heterocycles. The molecule has 0 aliphatic rings. The van der Waals surface area contributed by atoms with Gasteiger partial charge in [-0.2, -0.15) is 0 Å². The number of aromatic carboxylic acids is 1. The molecule has 0 saturated carbocycles. The van der Waals surface area contributed by atoms with Crippen molar-refractivity contribution in [2.45, 2.75) is 4.90 Å². The van der Waals surface area contributed by atoms with Crippen molar-refractivity contribution in [3.63, 3.8) is 0 Å². The number of fused-ring (bicyclic) bond motifs is 1. The van der Waals surface area contributed by atoms with Gasteiger partial charge in [-0.05, 0) is 36.6 Å². The summed E-state index contributed by atoms with van der Waals surface area (Å²) in [4.78, 5) is 26.9. The SMILES string of the molecule is CSc1ccccc1-n1c(=O)[nH]c2cc(C(=O)O)ccc21. The fraction of sp³-hybridized carbons (Fsp3) is 0.0667. The Morgan fingerprint density at radius 2 is 2.00 bits per heavy atom. The number of hydrogen-bond donors (Lipinski definition) is 2. The molecule has 0 saturated heterocycles. The number of H-pyrrole nitrogens is 1. The van der Waals surface area contributed by atoms with Crippen molar-refractivity contribution in [1.29, 1.82) is 0 Å². The molecule has 0 bridgehead atoms. The number of aromatic nitrogens is 2. The van der Waals surface area contributed by atoms with E-state index in [0.717, 1.165) is 10.6 Å². The fourth-order valence-electron chi connectivity index (χ4n) is 2.30. The van der Waals surface area contributed by atoms with Crippen LogP contribution in [-0.2, 0) is 0 Å². The van der Waals surface area contributed by atoms with Crippen molar-refractivity contribution in [2.24, 2.45) is 0 Å². The molecule has 0 fully saturated rings. The van der Waals surface area contributed by atoms with E-state index in [1.54, 1.807) is 22.4 Å². The fourth-order valence-corrected chi connectivity index (χ4v) is 2.88. The van der Waals surface area contributed by atoms with Crippen molar-refractivity contribution < 1.29 is 9.90 Å². The first-order valence-electron chi connectivity index (χ1n) is 6.23. The van der Waals surface area contributed by atoms with Gasteiger partial charge in [-0.15, -0.1) is 11.8 Å². The third-order valence-corrected chi connectivity index (χ3v) is 4.04. The van der Waals surface area contributed by atoms with Crippen LogP contribution in [0.2, 0.25) is 0 Å². The lowest BCUT2D eigenvalue weighted by atomic mass is 10.2. The Labute approximate surface area is 124 Å². The maximum absolute atomic E-state index is 12.2. The number of carboxylic acids is 1. The van der Waals surface area contributed by atoms with Crippen LogP contribution in [0.15, 0.2) is 52.2 Å². The Morgan fingerprint density at radius 3 is 2.71 bits per heavy atom. The summed E-state index contributed by atoms with van der Waals surface area (Å²) in [5.74, 6) is -1.02. The van der Waals surface area contributed by atoms with Crippen LogP contribution in [0.3, 0.4) is 0 Å². The molecule has 0 amide bonds. The highest BCUT2D eigenvalue weighted by atomic mass is 32.2. The zero-order chi connectivity index (χ0) is 15.0. The molecular weight excluding hydrogens is 288 g/mol. The zero-order valence-electron chi connectivity index (χ0n) is 11.2. The van der Waals surface area contributed by atoms with Crippen molar-refractivity contribution in [3.05, 3.63) is 58.5 Å². The van der Waals surface area contributed by atoms with Crippen LogP contribution in [0.1, 0.15) is 10.4 Å². The number of rotatable bonds is 3. The number of para-hydroxylation sites is 1. The molecule has 2 aromatic carbocycles. The summed E-state index contributed by atoms with van der Waals surface area (Å²) >= 11 is 1.55. The number of benzene rings is 2. The summed E-state index contributed by atoms with van der Waals surface area (Å²) in [7, 11) is 0. The van der Waals surface area contributed by atoms with Crippen LogP contribution < -0.4 is 5.69 Å². The lowest BCUT2D eigenvalue weighted by Crippen LogP contribution is -2.15. The molecule has 6 heteroatoms. The summed E-state index contributed by atoms with van der Waals surface area (Å²) < 4.78 is 1.56. The summed E-state index contributed by atoms with van der Waals surface area (Å²) in [6.45, 7) is 0. The highest BCUT2D eigenvalue weighted by Crippen LogP contribution is 2.25. The van der Waals surface area contributed by atoms with Crippen LogP contribution in [0.5, 0.6) is 0 Å². The molecule has 2 N–H and O–H groups in total. The van der Waals surface area contributed by atoms with Gasteiger partial charge in [0.1, 0.15) is 0 Å². The lowest BCUT2D eigenvalue weighted by Gasteiger charge is -2.08. The van der Waals surface area contributed by atoms with E-state index in [1.807, 2.05) is 30.5 Å². The summed E-state index contributed by atoms with van der Waals surface area (Å²) in [5, 5.41) is 9.02. The third-order valence-electron chi connectivity index (χ3n) is 3.26. The Bertz CT molecular complexity index is 895. The molecule has 1 heterocycles. The largest absolute Gasteiger partial charge is 0.478 e. The number of carbonyl (C=O) groups is 1. The molecule has 0 radical (unpaired) electrons. The van der Waals surface area contributed by atoms with E-state index in [-0.39, 0.29) is 11.3 Å². The molecule has 3 rings (SSSR count). The van der Waals surface area contributed by atoms with Gasteiger partial charge in [-0.25, -0.2) is 9.59 Å². The smallest absolute Gasteiger partial charge is 0.335 e. The van der Waals surface area contributed by atoms with Crippen molar-refractivity contribution in [2.75, 3.05) is 6.26 Å². The normalized spacial score (nSPS) is 10.9. The van der Waals surface area contributed by atoms with Gasteiger partial charge in [0.05, 0.1) is 22.3 Å². The summed E-state index contributed by atoms with van der Waals surface area (Å²) in [6, 6.07) is 12.2. The zero-order valence-corrected chi connectivity index (χ0v) is 12.0. The average molecular weight is 300 g/mol. The molecule has 5 nitrogen and oxygen atoms in total. The minimum absolute atomic E-state index is 0.147. The predicted molar refractivity (Wildman–Crippen MR) is 82.6 cm³/mol. The quantitative estimate of drug-likeness (QED) is 0.729. The topological polar surface area (TPSA) is 75.1 Å². The third kappa shape index (κ3) is 2.23. The van der Waals surface area contributed by atoms with E-state index in [9.17, 15) is 9.59 Å². The van der Waals surface area contributed by atoms with Gasteiger partial charge in [-0.1, -0.05) is 12.1 Å². The van der Waals surface area contributed by atoms with E-state index >= 15 is 0 Å². The monoisotopic (exact) mass is 300 g/mol. The number of nitrogens with one attached hydrogen (secondary N) is 1. The van der Waals surface area contributed by atoms with Gasteiger partial charge in [0, 0.05) is 4.90 Å². The molecule has 106 valence electrons. The summed E-state index contributed by atoms with van der Waals surface area (Å²) in [5.41, 5.74) is 1.81. The van der Waals surface area contributed by atoms with Gasteiger partial charge in [0.15, 0.2) is 0 Å². The Kier molecular flexibility index (Phi) is 3.31. The molecule has 0 unspecified atom stereocenters. The number of hydrogen-bond acceptors (Lipinski definition) is 3. The number of nitrogens with zero attached hydrogens (tertiary/aromatic N) is 1. The van der Waals surface area contributed by atoms with Crippen LogP contribution in [0.4, 0.5) is 0 Å². The highest BCUT2D eigenvalue weighted by Gasteiger charge is 2.13. The van der Waals surface area contributed by atoms with E-state index in [0.29, 0.717) is 11.0 Å². The van der Waals surface area contributed by atoms with Crippen LogP contribution in [-0.4, -0.2) is 26.9 Å². The molecule has 3 aromatic rings. The lowest BCUT2D eigenvalue weighted by molar-refractivity contribution is 0.0697. The van der Waals surface area contributed by atoms with Crippen LogP contribution >= 0.6 is 11.8 Å². The molecule has 0 spiro atoms. The standard InChI is InChI=1S/C15H12N2O3S/c1-21-13-5-3-2-4-12(13)17-11-7-6-9(14(18)19)8-10(11)16-15(17)20/h2-8H,1H3,(H,16,20)(H,18,19). The average Bonchev–Trinajstić information content (AvgIpc) is 2.81. The Hall–Kier alpha value is -2.47. The molecule has 0 aliphatic carbocycles. The van der Waals surface area contributed by atoms with E-state index in [4.69, 9.17) is 5.11 Å². The number of imidazole rings is 1. The van der Waals surface area contributed by atoms with Crippen LogP contribution in [0.25, 0.3) is 16.7 Å². The second-order valence-electron chi connectivity index (χ2n) is 4.47. The molecular formula is C15H12N2O3S. The number of aromatic amines is 1. The maximum atomic E-state index is 12.2. The van der Waals surface area contributed by atoms with E-state index in [2.05, 4.69) is 4.98 Å². The van der Waals surface area contributed by atoms with E-state index in [1.165, 1.54) is 12.1 Å². The number of carboxylic acid groups (broad SMARTS) is 1. The van der Waals surface area contributed by atoms with Gasteiger partial charge in [0.25, 0.3) is 0 Å². The predicted octanol–water partition coefficient (Wildman–Crippen LogP) is 2.74. The number of thioether (sulfide) groups is 1. The van der Waals surface area contributed by atoms with Crippen LogP contribution in [0, 0.1) is 0 Å².